The van der Waals surface area contributed by atoms with Gasteiger partial charge in [-0.3, -0.25) is 14.5 Å². The first-order valence-electron chi connectivity index (χ1n) is 6.19. The van der Waals surface area contributed by atoms with Crippen LogP contribution in [0.15, 0.2) is 22.9 Å². The van der Waals surface area contributed by atoms with Crippen molar-refractivity contribution in [1.29, 1.82) is 0 Å². The lowest BCUT2D eigenvalue weighted by atomic mass is 10.1. The summed E-state index contributed by atoms with van der Waals surface area (Å²) in [6, 6.07) is 1.86. The number of carbonyl (C=O) groups excluding carboxylic acids is 1. The van der Waals surface area contributed by atoms with E-state index in [-0.39, 0.29) is 5.78 Å². The molecule has 2 aromatic rings. The van der Waals surface area contributed by atoms with Gasteiger partial charge in [-0.05, 0) is 48.3 Å². The van der Waals surface area contributed by atoms with Crippen molar-refractivity contribution in [2.24, 2.45) is 0 Å². The molecule has 0 bridgehead atoms. The maximum atomic E-state index is 12.3. The first-order chi connectivity index (χ1) is 9.02. The first kappa shape index (κ1) is 13.9. The third-order valence-electron chi connectivity index (χ3n) is 2.98. The smallest absolute Gasteiger partial charge is 0.170 e. The zero-order valence-electron chi connectivity index (χ0n) is 11.3. The van der Waals surface area contributed by atoms with E-state index in [0.717, 1.165) is 28.0 Å². The van der Waals surface area contributed by atoms with Crippen LogP contribution < -0.4 is 0 Å². The van der Waals surface area contributed by atoms with Crippen molar-refractivity contribution in [3.05, 3.63) is 45.4 Å². The molecule has 4 nitrogen and oxygen atoms in total. The standard InChI is InChI=1S/C14H16BrN3O/c1-4-18-12(14(15)10(3)17-18)6-13(19)11-5-9(2)7-16-8-11/h5,7-8H,4,6H2,1-3H3. The zero-order chi connectivity index (χ0) is 14.0. The monoisotopic (exact) mass is 321 g/mol. The Bertz CT molecular complexity index is 619. The molecule has 0 aromatic carbocycles. The summed E-state index contributed by atoms with van der Waals surface area (Å²) < 4.78 is 2.78. The van der Waals surface area contributed by atoms with Gasteiger partial charge < -0.3 is 0 Å². The van der Waals surface area contributed by atoms with E-state index in [4.69, 9.17) is 0 Å². The number of halogens is 1. The molecular formula is C14H16BrN3O. The Kier molecular flexibility index (Phi) is 4.14. The minimum absolute atomic E-state index is 0.0616. The summed E-state index contributed by atoms with van der Waals surface area (Å²) in [4.78, 5) is 16.4. The molecule has 100 valence electrons. The van der Waals surface area contributed by atoms with Crippen molar-refractivity contribution < 1.29 is 4.79 Å². The fourth-order valence-electron chi connectivity index (χ4n) is 2.00. The molecule has 0 saturated heterocycles. The van der Waals surface area contributed by atoms with Gasteiger partial charge in [-0.1, -0.05) is 0 Å². The average molecular weight is 322 g/mol. The average Bonchev–Trinajstić information content (AvgIpc) is 2.66. The van der Waals surface area contributed by atoms with Gasteiger partial charge in [-0.15, -0.1) is 0 Å². The number of rotatable bonds is 4. The van der Waals surface area contributed by atoms with Gasteiger partial charge in [0.1, 0.15) is 0 Å². The highest BCUT2D eigenvalue weighted by Crippen LogP contribution is 2.22. The normalized spacial score (nSPS) is 10.7. The van der Waals surface area contributed by atoms with Crippen LogP contribution in [-0.2, 0) is 13.0 Å². The van der Waals surface area contributed by atoms with E-state index >= 15 is 0 Å². The fourth-order valence-corrected chi connectivity index (χ4v) is 2.42. The molecule has 0 spiro atoms. The van der Waals surface area contributed by atoms with E-state index < -0.39 is 0 Å². The van der Waals surface area contributed by atoms with Crippen LogP contribution in [0.25, 0.3) is 0 Å². The van der Waals surface area contributed by atoms with Crippen molar-refractivity contribution in [3.63, 3.8) is 0 Å². The second-order valence-electron chi connectivity index (χ2n) is 4.51. The summed E-state index contributed by atoms with van der Waals surface area (Å²) in [5, 5.41) is 4.39. The van der Waals surface area contributed by atoms with Gasteiger partial charge in [-0.2, -0.15) is 5.10 Å². The van der Waals surface area contributed by atoms with Gasteiger partial charge in [-0.25, -0.2) is 0 Å². The molecule has 0 radical (unpaired) electrons. The maximum Gasteiger partial charge on any atom is 0.170 e. The summed E-state index contributed by atoms with van der Waals surface area (Å²) in [6.45, 7) is 6.63. The van der Waals surface area contributed by atoms with Gasteiger partial charge in [0.25, 0.3) is 0 Å². The molecule has 2 heterocycles. The summed E-state index contributed by atoms with van der Waals surface area (Å²) >= 11 is 3.51. The molecule has 5 heteroatoms. The van der Waals surface area contributed by atoms with Gasteiger partial charge in [0, 0.05) is 24.5 Å². The Labute approximate surface area is 121 Å². The zero-order valence-corrected chi connectivity index (χ0v) is 12.9. The third-order valence-corrected chi connectivity index (χ3v) is 4.01. The number of carbonyl (C=O) groups is 1. The summed E-state index contributed by atoms with van der Waals surface area (Å²) in [7, 11) is 0. The second-order valence-corrected chi connectivity index (χ2v) is 5.31. The molecule has 0 saturated carbocycles. The lowest BCUT2D eigenvalue weighted by Gasteiger charge is -2.05. The molecule has 19 heavy (non-hydrogen) atoms. The number of aryl methyl sites for hydroxylation is 3. The van der Waals surface area contributed by atoms with Gasteiger partial charge in [0.15, 0.2) is 5.78 Å². The van der Waals surface area contributed by atoms with Gasteiger partial charge >= 0.3 is 0 Å². The number of Topliss-reactive ketones (excluding diaryl/α,β-unsaturated/α-hetero) is 1. The molecule has 0 fully saturated rings. The summed E-state index contributed by atoms with van der Waals surface area (Å²) in [6.07, 6.45) is 3.69. The van der Waals surface area contributed by atoms with E-state index in [0.29, 0.717) is 12.0 Å². The van der Waals surface area contributed by atoms with Crippen LogP contribution in [0.4, 0.5) is 0 Å². The quantitative estimate of drug-likeness (QED) is 0.813. The molecule has 0 aliphatic rings. The predicted octanol–water partition coefficient (Wildman–Crippen LogP) is 3.10. The third kappa shape index (κ3) is 2.92. The van der Waals surface area contributed by atoms with Crippen LogP contribution in [0.5, 0.6) is 0 Å². The van der Waals surface area contributed by atoms with E-state index in [1.165, 1.54) is 0 Å². The molecule has 0 amide bonds. The van der Waals surface area contributed by atoms with Crippen molar-refractivity contribution in [3.8, 4) is 0 Å². The predicted molar refractivity (Wildman–Crippen MR) is 77.3 cm³/mol. The van der Waals surface area contributed by atoms with Crippen molar-refractivity contribution in [2.75, 3.05) is 0 Å². The minimum atomic E-state index is 0.0616. The van der Waals surface area contributed by atoms with Crippen LogP contribution in [0, 0.1) is 13.8 Å². The van der Waals surface area contributed by atoms with E-state index in [9.17, 15) is 4.79 Å². The van der Waals surface area contributed by atoms with Crippen LogP contribution in [0.3, 0.4) is 0 Å². The second kappa shape index (κ2) is 5.65. The minimum Gasteiger partial charge on any atom is -0.294 e. The lowest BCUT2D eigenvalue weighted by molar-refractivity contribution is 0.0990. The highest BCUT2D eigenvalue weighted by molar-refractivity contribution is 9.10. The van der Waals surface area contributed by atoms with Gasteiger partial charge in [0.05, 0.1) is 22.3 Å². The van der Waals surface area contributed by atoms with E-state index in [1.54, 1.807) is 12.4 Å². The van der Waals surface area contributed by atoms with Crippen molar-refractivity contribution in [2.45, 2.75) is 33.7 Å². The Morgan fingerprint density at radius 3 is 2.74 bits per heavy atom. The molecule has 0 aliphatic carbocycles. The van der Waals surface area contributed by atoms with E-state index in [1.807, 2.05) is 31.5 Å². The number of hydrogen-bond donors (Lipinski definition) is 0. The maximum absolute atomic E-state index is 12.3. The van der Waals surface area contributed by atoms with Crippen LogP contribution in [0.1, 0.15) is 34.2 Å². The number of pyridine rings is 1. The molecule has 2 aromatic heterocycles. The van der Waals surface area contributed by atoms with E-state index in [2.05, 4.69) is 26.0 Å². The molecular weight excluding hydrogens is 306 g/mol. The number of ketones is 1. The molecule has 0 unspecified atom stereocenters. The Morgan fingerprint density at radius 2 is 2.11 bits per heavy atom. The van der Waals surface area contributed by atoms with Crippen molar-refractivity contribution >= 4 is 21.7 Å². The SMILES string of the molecule is CCn1nc(C)c(Br)c1CC(=O)c1cncc(C)c1. The van der Waals surface area contributed by atoms with Crippen molar-refractivity contribution in [1.82, 2.24) is 14.8 Å². The Morgan fingerprint density at radius 1 is 1.37 bits per heavy atom. The summed E-state index contributed by atoms with van der Waals surface area (Å²) in [5.74, 6) is 0.0616. The fraction of sp³-hybridized carbons (Fsp3) is 0.357. The Hall–Kier alpha value is -1.49. The van der Waals surface area contributed by atoms with Crippen LogP contribution >= 0.6 is 15.9 Å². The molecule has 0 atom stereocenters. The summed E-state index contributed by atoms with van der Waals surface area (Å²) in [5.41, 5.74) is 3.47. The van der Waals surface area contributed by atoms with Crippen LogP contribution in [0.2, 0.25) is 0 Å². The first-order valence-corrected chi connectivity index (χ1v) is 6.98. The number of nitrogens with zero attached hydrogens (tertiary/aromatic N) is 3. The topological polar surface area (TPSA) is 47.8 Å². The number of hydrogen-bond acceptors (Lipinski definition) is 3. The molecule has 2 rings (SSSR count). The highest BCUT2D eigenvalue weighted by Gasteiger charge is 2.16. The van der Waals surface area contributed by atoms with Crippen LogP contribution in [-0.4, -0.2) is 20.5 Å². The largest absolute Gasteiger partial charge is 0.294 e. The van der Waals surface area contributed by atoms with Gasteiger partial charge in [0.2, 0.25) is 0 Å². The molecule has 0 aliphatic heterocycles. The number of aromatic nitrogens is 3. The Balaban J connectivity index is 2.29. The molecule has 0 N–H and O–H groups in total. The lowest BCUT2D eigenvalue weighted by Crippen LogP contribution is -2.10. The highest BCUT2D eigenvalue weighted by atomic mass is 79.9.